The Labute approximate surface area is 311 Å². The molecule has 0 aliphatic carbocycles. The molecule has 0 aliphatic heterocycles. The molecule has 14 N–H and O–H groups in total. The Morgan fingerprint density at radius 2 is 0.981 bits per heavy atom. The Hall–Kier alpha value is -4.36. The Kier molecular flexibility index (Phi) is 22.1. The SMILES string of the molecule is CC(C)C[C@H](NC(=O)[C@H](C)N)C(=O)N[C@@H](CC(N)=O)C(=O)N[C@H](C(=O)N[C@@H](CC(C)C)C(=O)N[C@H](C(=O)N[C@@H](CCCCN)C(=O)O)C(C)C)[C@@H](C)O. The number of unbranched alkanes of at least 4 members (excludes halogenated alkanes) is 1. The maximum atomic E-state index is 13.6. The van der Waals surface area contributed by atoms with E-state index in [1.165, 1.54) is 13.8 Å². The minimum Gasteiger partial charge on any atom is -0.480 e. The summed E-state index contributed by atoms with van der Waals surface area (Å²) < 4.78 is 0. The topological polar surface area (TPSA) is 327 Å². The summed E-state index contributed by atoms with van der Waals surface area (Å²) in [6.07, 6.45) is -0.894. The van der Waals surface area contributed by atoms with Crippen molar-refractivity contribution in [3.8, 4) is 0 Å². The zero-order chi connectivity index (χ0) is 41.2. The third kappa shape index (κ3) is 18.8. The van der Waals surface area contributed by atoms with Crippen molar-refractivity contribution in [2.24, 2.45) is 35.0 Å². The molecule has 0 bridgehead atoms. The predicted molar refractivity (Wildman–Crippen MR) is 195 cm³/mol. The van der Waals surface area contributed by atoms with Gasteiger partial charge in [0.25, 0.3) is 0 Å². The van der Waals surface area contributed by atoms with Gasteiger partial charge in [-0.3, -0.25) is 33.6 Å². The molecular weight excluding hydrogens is 694 g/mol. The van der Waals surface area contributed by atoms with Crippen LogP contribution in [0.3, 0.4) is 0 Å². The van der Waals surface area contributed by atoms with Crippen molar-refractivity contribution in [2.75, 3.05) is 6.54 Å². The molecule has 53 heavy (non-hydrogen) atoms. The fraction of sp³-hybridized carbons (Fsp3) is 0.765. The zero-order valence-electron chi connectivity index (χ0n) is 32.2. The molecule has 7 amide bonds. The Morgan fingerprint density at radius 3 is 1.40 bits per heavy atom. The minimum atomic E-state index is -1.70. The second kappa shape index (κ2) is 24.1. The van der Waals surface area contributed by atoms with Crippen LogP contribution in [0, 0.1) is 17.8 Å². The number of rotatable bonds is 25. The summed E-state index contributed by atoms with van der Waals surface area (Å²) in [5, 5.41) is 34.9. The monoisotopic (exact) mass is 757 g/mol. The van der Waals surface area contributed by atoms with Gasteiger partial charge in [-0.1, -0.05) is 41.5 Å². The normalized spacial score (nSPS) is 15.9. The Balaban J connectivity index is 6.15. The minimum absolute atomic E-state index is 0.0616. The number of hydrogen-bond acceptors (Lipinski definition) is 11. The molecule has 0 heterocycles. The number of carbonyl (C=O) groups excluding carboxylic acids is 7. The van der Waals surface area contributed by atoms with Crippen LogP contribution in [0.2, 0.25) is 0 Å². The molecule has 0 unspecified atom stereocenters. The van der Waals surface area contributed by atoms with Crippen LogP contribution in [0.5, 0.6) is 0 Å². The maximum absolute atomic E-state index is 13.6. The molecule has 0 aliphatic rings. The van der Waals surface area contributed by atoms with Crippen LogP contribution >= 0.6 is 0 Å². The van der Waals surface area contributed by atoms with Gasteiger partial charge in [0.1, 0.15) is 36.3 Å². The number of carboxylic acid groups (broad SMARTS) is 1. The number of carbonyl (C=O) groups is 8. The number of aliphatic carboxylic acids is 1. The molecule has 19 heteroatoms. The third-order valence-corrected chi connectivity index (χ3v) is 8.00. The molecule has 0 saturated heterocycles. The predicted octanol–water partition coefficient (Wildman–Crippen LogP) is -2.54. The quantitative estimate of drug-likeness (QED) is 0.0429. The number of primary amides is 1. The highest BCUT2D eigenvalue weighted by Crippen LogP contribution is 2.11. The van der Waals surface area contributed by atoms with Crippen molar-refractivity contribution in [2.45, 2.75) is 142 Å². The summed E-state index contributed by atoms with van der Waals surface area (Å²) in [7, 11) is 0. The molecule has 0 rings (SSSR count). The second-order valence-electron chi connectivity index (χ2n) is 14.5. The lowest BCUT2D eigenvalue weighted by Crippen LogP contribution is -2.62. The fourth-order valence-electron chi connectivity index (χ4n) is 5.11. The van der Waals surface area contributed by atoms with Gasteiger partial charge in [0.15, 0.2) is 0 Å². The summed E-state index contributed by atoms with van der Waals surface area (Å²) in [6.45, 7) is 13.4. The van der Waals surface area contributed by atoms with E-state index in [0.29, 0.717) is 19.4 Å². The largest absolute Gasteiger partial charge is 0.480 e. The van der Waals surface area contributed by atoms with E-state index >= 15 is 0 Å². The summed E-state index contributed by atoms with van der Waals surface area (Å²) >= 11 is 0. The van der Waals surface area contributed by atoms with Crippen LogP contribution in [-0.4, -0.2) is 112 Å². The molecule has 0 saturated carbocycles. The van der Waals surface area contributed by atoms with Crippen LogP contribution in [0.25, 0.3) is 0 Å². The van der Waals surface area contributed by atoms with Gasteiger partial charge in [0.2, 0.25) is 41.4 Å². The van der Waals surface area contributed by atoms with Crippen molar-refractivity contribution in [3.63, 3.8) is 0 Å². The van der Waals surface area contributed by atoms with Crippen molar-refractivity contribution in [1.82, 2.24) is 31.9 Å². The molecule has 0 aromatic carbocycles. The van der Waals surface area contributed by atoms with Gasteiger partial charge in [-0.05, 0) is 70.3 Å². The van der Waals surface area contributed by atoms with Gasteiger partial charge in [0, 0.05) is 0 Å². The molecule has 0 aromatic heterocycles. The van der Waals surface area contributed by atoms with E-state index in [2.05, 4.69) is 31.9 Å². The van der Waals surface area contributed by atoms with Crippen molar-refractivity contribution in [1.29, 1.82) is 0 Å². The number of amides is 7. The van der Waals surface area contributed by atoms with Gasteiger partial charge in [-0.25, -0.2) is 4.79 Å². The number of hydrogen-bond donors (Lipinski definition) is 11. The standard InChI is InChI=1S/C34H63N9O10/c1-16(2)13-22(39-28(46)19(7)36)29(47)40-24(15-25(37)45)31(49)43-27(20(8)44)33(51)41-23(14-17(3)4)30(48)42-26(18(5)6)32(50)38-21(34(52)53)11-9-10-12-35/h16-24,26-27,44H,9-15,35-36H2,1-8H3,(H2,37,45)(H,38,50)(H,39,46)(H,40,47)(H,41,51)(H,42,48)(H,43,49)(H,52,53)/t19-,20+,21-,22-,23-,24-,26-,27-/m0/s1. The van der Waals surface area contributed by atoms with Gasteiger partial charge in [0.05, 0.1) is 18.6 Å². The van der Waals surface area contributed by atoms with E-state index in [-0.39, 0.29) is 31.1 Å². The van der Waals surface area contributed by atoms with Crippen LogP contribution < -0.4 is 49.1 Å². The van der Waals surface area contributed by atoms with E-state index in [1.807, 2.05) is 0 Å². The first-order valence-electron chi connectivity index (χ1n) is 18.0. The zero-order valence-corrected chi connectivity index (χ0v) is 32.2. The van der Waals surface area contributed by atoms with E-state index in [1.54, 1.807) is 41.5 Å². The lowest BCUT2D eigenvalue weighted by Gasteiger charge is -2.29. The summed E-state index contributed by atoms with van der Waals surface area (Å²) in [4.78, 5) is 103. The van der Waals surface area contributed by atoms with Crippen molar-refractivity contribution < 1.29 is 48.6 Å². The Morgan fingerprint density at radius 1 is 0.566 bits per heavy atom. The highest BCUT2D eigenvalue weighted by Gasteiger charge is 2.36. The number of carboxylic acids is 1. The molecule has 0 radical (unpaired) electrons. The van der Waals surface area contributed by atoms with Gasteiger partial charge in [-0.2, -0.15) is 0 Å². The van der Waals surface area contributed by atoms with E-state index in [0.717, 1.165) is 0 Å². The van der Waals surface area contributed by atoms with Crippen LogP contribution in [0.4, 0.5) is 0 Å². The van der Waals surface area contributed by atoms with Crippen molar-refractivity contribution >= 4 is 47.3 Å². The molecule has 19 nitrogen and oxygen atoms in total. The summed E-state index contributed by atoms with van der Waals surface area (Å²) in [6, 6.07) is -9.08. The molecule has 0 fully saturated rings. The van der Waals surface area contributed by atoms with Crippen molar-refractivity contribution in [3.05, 3.63) is 0 Å². The Bertz CT molecular complexity index is 1260. The molecule has 0 spiro atoms. The molecule has 304 valence electrons. The van der Waals surface area contributed by atoms with Crippen LogP contribution in [-0.2, 0) is 38.4 Å². The average molecular weight is 758 g/mol. The summed E-state index contributed by atoms with van der Waals surface area (Å²) in [5.41, 5.74) is 16.4. The lowest BCUT2D eigenvalue weighted by molar-refractivity contribution is -0.143. The van der Waals surface area contributed by atoms with E-state index in [9.17, 15) is 48.6 Å². The van der Waals surface area contributed by atoms with E-state index in [4.69, 9.17) is 17.2 Å². The smallest absolute Gasteiger partial charge is 0.326 e. The highest BCUT2D eigenvalue weighted by molar-refractivity contribution is 5.98. The first-order chi connectivity index (χ1) is 24.5. The maximum Gasteiger partial charge on any atom is 0.326 e. The van der Waals surface area contributed by atoms with Crippen LogP contribution in [0.1, 0.15) is 93.9 Å². The third-order valence-electron chi connectivity index (χ3n) is 8.00. The van der Waals surface area contributed by atoms with Gasteiger partial charge < -0.3 is 59.3 Å². The number of aliphatic hydroxyl groups excluding tert-OH is 1. The molecule has 8 atom stereocenters. The average Bonchev–Trinajstić information content (AvgIpc) is 3.03. The first kappa shape index (κ1) is 48.6. The molecular formula is C34H63N9O10. The molecule has 0 aromatic rings. The van der Waals surface area contributed by atoms with Gasteiger partial charge >= 0.3 is 5.97 Å². The lowest BCUT2D eigenvalue weighted by atomic mass is 9.98. The highest BCUT2D eigenvalue weighted by atomic mass is 16.4. The first-order valence-corrected chi connectivity index (χ1v) is 18.0. The number of nitrogens with two attached hydrogens (primary N) is 3. The second-order valence-corrected chi connectivity index (χ2v) is 14.5. The summed E-state index contributed by atoms with van der Waals surface area (Å²) in [5.74, 6) is -8.03. The fourth-order valence-corrected chi connectivity index (χ4v) is 5.11. The number of nitrogens with one attached hydrogen (secondary N) is 6. The number of aliphatic hydroxyl groups is 1. The van der Waals surface area contributed by atoms with Crippen LogP contribution in [0.15, 0.2) is 0 Å². The van der Waals surface area contributed by atoms with E-state index < -0.39 is 108 Å². The van der Waals surface area contributed by atoms with Gasteiger partial charge in [-0.15, -0.1) is 0 Å².